The molecular formula is C14H14O. The Hall–Kier alpha value is -1.52. The lowest BCUT2D eigenvalue weighted by atomic mass is 9.97. The largest absolute Gasteiger partial charge is 0.393 e. The van der Waals surface area contributed by atoms with Gasteiger partial charge in [0.1, 0.15) is 0 Å². The highest BCUT2D eigenvalue weighted by Gasteiger charge is 2.09. The Bertz CT molecular complexity index is 406. The van der Waals surface area contributed by atoms with Crippen LogP contribution in [0, 0.1) is 11.8 Å². The van der Waals surface area contributed by atoms with Gasteiger partial charge in [-0.15, -0.1) is 0 Å². The number of allylic oxidation sites excluding steroid dienone is 1. The zero-order chi connectivity index (χ0) is 10.5. The van der Waals surface area contributed by atoms with Gasteiger partial charge in [0.05, 0.1) is 6.10 Å². The van der Waals surface area contributed by atoms with E-state index in [1.165, 1.54) is 0 Å². The van der Waals surface area contributed by atoms with E-state index in [9.17, 15) is 5.11 Å². The normalized spacial score (nSPS) is 20.1. The molecule has 1 unspecified atom stereocenters. The molecule has 0 fully saturated rings. The van der Waals surface area contributed by atoms with E-state index < -0.39 is 0 Å². The second kappa shape index (κ2) is 4.82. The minimum Gasteiger partial charge on any atom is -0.393 e. The fraction of sp³-hybridized carbons (Fsp3) is 0.286. The monoisotopic (exact) mass is 198 g/mol. The lowest BCUT2D eigenvalue weighted by molar-refractivity contribution is 0.163. The SMILES string of the molecule is OC1CC=C(C#Cc2ccccc2)CC1. The first-order chi connectivity index (χ1) is 7.34. The van der Waals surface area contributed by atoms with E-state index in [0.717, 1.165) is 30.4 Å². The Balaban J connectivity index is 2.07. The van der Waals surface area contributed by atoms with Gasteiger partial charge in [-0.1, -0.05) is 36.1 Å². The molecular weight excluding hydrogens is 184 g/mol. The van der Waals surface area contributed by atoms with Gasteiger partial charge in [-0.25, -0.2) is 0 Å². The van der Waals surface area contributed by atoms with Crippen molar-refractivity contribution in [2.45, 2.75) is 25.4 Å². The van der Waals surface area contributed by atoms with Gasteiger partial charge in [0.15, 0.2) is 0 Å². The molecule has 1 aromatic rings. The van der Waals surface area contributed by atoms with Crippen LogP contribution in [0.4, 0.5) is 0 Å². The molecule has 0 amide bonds. The summed E-state index contributed by atoms with van der Waals surface area (Å²) < 4.78 is 0. The van der Waals surface area contributed by atoms with E-state index in [0.29, 0.717) is 0 Å². The van der Waals surface area contributed by atoms with Gasteiger partial charge >= 0.3 is 0 Å². The van der Waals surface area contributed by atoms with Gasteiger partial charge in [-0.2, -0.15) is 0 Å². The lowest BCUT2D eigenvalue weighted by Gasteiger charge is -2.13. The third-order valence-corrected chi connectivity index (χ3v) is 2.52. The van der Waals surface area contributed by atoms with Gasteiger partial charge in [0.2, 0.25) is 0 Å². The van der Waals surface area contributed by atoms with Crippen LogP contribution in [0.25, 0.3) is 0 Å². The maximum Gasteiger partial charge on any atom is 0.0578 e. The third-order valence-electron chi connectivity index (χ3n) is 2.52. The van der Waals surface area contributed by atoms with Crippen molar-refractivity contribution in [3.05, 3.63) is 47.5 Å². The lowest BCUT2D eigenvalue weighted by Crippen LogP contribution is -2.09. The summed E-state index contributed by atoms with van der Waals surface area (Å²) in [4.78, 5) is 0. The minimum atomic E-state index is -0.160. The van der Waals surface area contributed by atoms with Gasteiger partial charge < -0.3 is 5.11 Å². The summed E-state index contributed by atoms with van der Waals surface area (Å²) in [5.41, 5.74) is 2.20. The molecule has 1 heteroatoms. The molecule has 0 aromatic heterocycles. The standard InChI is InChI=1S/C14H14O/c15-14-10-8-13(9-11-14)7-6-12-4-2-1-3-5-12/h1-5,8,14-15H,9-11H2. The van der Waals surface area contributed by atoms with Crippen LogP contribution in [-0.4, -0.2) is 11.2 Å². The number of aliphatic hydroxyl groups is 1. The van der Waals surface area contributed by atoms with Crippen LogP contribution in [0.3, 0.4) is 0 Å². The van der Waals surface area contributed by atoms with Crippen LogP contribution >= 0.6 is 0 Å². The van der Waals surface area contributed by atoms with Crippen LogP contribution in [0.5, 0.6) is 0 Å². The zero-order valence-corrected chi connectivity index (χ0v) is 8.61. The molecule has 2 rings (SSSR count). The predicted octanol–water partition coefficient (Wildman–Crippen LogP) is 2.51. The van der Waals surface area contributed by atoms with Crippen LogP contribution in [0.15, 0.2) is 42.0 Å². The molecule has 0 aliphatic heterocycles. The van der Waals surface area contributed by atoms with Crippen molar-refractivity contribution < 1.29 is 5.11 Å². The van der Waals surface area contributed by atoms with E-state index in [1.54, 1.807) is 0 Å². The van der Waals surface area contributed by atoms with Crippen molar-refractivity contribution in [1.29, 1.82) is 0 Å². The molecule has 0 spiro atoms. The minimum absolute atomic E-state index is 0.160. The molecule has 76 valence electrons. The smallest absolute Gasteiger partial charge is 0.0578 e. The number of benzene rings is 1. The van der Waals surface area contributed by atoms with Crippen LogP contribution in [0.2, 0.25) is 0 Å². The highest BCUT2D eigenvalue weighted by Crippen LogP contribution is 2.17. The van der Waals surface area contributed by atoms with Gasteiger partial charge in [0.25, 0.3) is 0 Å². The summed E-state index contributed by atoms with van der Waals surface area (Å²) in [5, 5.41) is 9.32. The molecule has 15 heavy (non-hydrogen) atoms. The number of hydrogen-bond donors (Lipinski definition) is 1. The number of hydrogen-bond acceptors (Lipinski definition) is 1. The second-order valence-corrected chi connectivity index (χ2v) is 3.77. The van der Waals surface area contributed by atoms with Crippen molar-refractivity contribution in [2.24, 2.45) is 0 Å². The molecule has 1 aliphatic rings. The number of rotatable bonds is 0. The summed E-state index contributed by atoms with van der Waals surface area (Å²) >= 11 is 0. The first-order valence-corrected chi connectivity index (χ1v) is 5.29. The fourth-order valence-corrected chi connectivity index (χ4v) is 1.61. The quantitative estimate of drug-likeness (QED) is 0.635. The van der Waals surface area contributed by atoms with Crippen molar-refractivity contribution in [3.8, 4) is 11.8 Å². The second-order valence-electron chi connectivity index (χ2n) is 3.77. The predicted molar refractivity (Wildman–Crippen MR) is 61.3 cm³/mol. The molecule has 0 radical (unpaired) electrons. The highest BCUT2D eigenvalue weighted by atomic mass is 16.3. The highest BCUT2D eigenvalue weighted by molar-refractivity contribution is 5.40. The number of aliphatic hydroxyl groups excluding tert-OH is 1. The van der Waals surface area contributed by atoms with Crippen molar-refractivity contribution in [3.63, 3.8) is 0 Å². The summed E-state index contributed by atoms with van der Waals surface area (Å²) in [7, 11) is 0. The average molecular weight is 198 g/mol. The van der Waals surface area contributed by atoms with Gasteiger partial charge in [0, 0.05) is 5.56 Å². The maximum atomic E-state index is 9.32. The van der Waals surface area contributed by atoms with E-state index in [4.69, 9.17) is 0 Å². The summed E-state index contributed by atoms with van der Waals surface area (Å²) in [6.07, 6.45) is 4.38. The van der Waals surface area contributed by atoms with Gasteiger partial charge in [-0.3, -0.25) is 0 Å². The molecule has 1 aromatic carbocycles. The Labute approximate surface area is 90.4 Å². The maximum absolute atomic E-state index is 9.32. The van der Waals surface area contributed by atoms with Crippen molar-refractivity contribution in [1.82, 2.24) is 0 Å². The Kier molecular flexibility index (Phi) is 3.22. The molecule has 0 heterocycles. The van der Waals surface area contributed by atoms with Gasteiger partial charge in [-0.05, 0) is 37.0 Å². The van der Waals surface area contributed by atoms with E-state index in [2.05, 4.69) is 11.8 Å². The summed E-state index contributed by atoms with van der Waals surface area (Å²) in [6.45, 7) is 0. The Morgan fingerprint density at radius 2 is 1.93 bits per heavy atom. The Morgan fingerprint density at radius 1 is 1.13 bits per heavy atom. The van der Waals surface area contributed by atoms with Crippen LogP contribution in [0.1, 0.15) is 24.8 Å². The van der Waals surface area contributed by atoms with Crippen LogP contribution in [-0.2, 0) is 0 Å². The van der Waals surface area contributed by atoms with E-state index >= 15 is 0 Å². The van der Waals surface area contributed by atoms with Crippen molar-refractivity contribution in [2.75, 3.05) is 0 Å². The molecule has 0 saturated heterocycles. The molecule has 1 nitrogen and oxygen atoms in total. The topological polar surface area (TPSA) is 20.2 Å². The average Bonchev–Trinajstić information content (AvgIpc) is 2.30. The zero-order valence-electron chi connectivity index (χ0n) is 8.61. The van der Waals surface area contributed by atoms with E-state index in [-0.39, 0.29) is 6.10 Å². The summed E-state index contributed by atoms with van der Waals surface area (Å²) in [5.74, 6) is 6.29. The first kappa shape index (κ1) is 10.0. The van der Waals surface area contributed by atoms with Crippen molar-refractivity contribution >= 4 is 0 Å². The molecule has 1 atom stereocenters. The molecule has 1 N–H and O–H groups in total. The Morgan fingerprint density at radius 3 is 2.60 bits per heavy atom. The first-order valence-electron chi connectivity index (χ1n) is 5.29. The fourth-order valence-electron chi connectivity index (χ4n) is 1.61. The van der Waals surface area contributed by atoms with Crippen LogP contribution < -0.4 is 0 Å². The third kappa shape index (κ3) is 2.97. The van der Waals surface area contributed by atoms with E-state index in [1.807, 2.05) is 36.4 Å². The molecule has 0 saturated carbocycles. The summed E-state index contributed by atoms with van der Waals surface area (Å²) in [6, 6.07) is 9.98. The molecule has 0 bridgehead atoms. The molecule has 1 aliphatic carbocycles.